The Bertz CT molecular complexity index is 1230. The topological polar surface area (TPSA) is 89.6 Å². The molecule has 0 saturated heterocycles. The molecule has 4 aromatic rings. The molecule has 2 aromatic carbocycles. The Morgan fingerprint density at radius 2 is 1.83 bits per heavy atom. The second-order valence-electron chi connectivity index (χ2n) is 6.32. The molecule has 0 saturated carbocycles. The van der Waals surface area contributed by atoms with Gasteiger partial charge in [-0.2, -0.15) is 13.2 Å². The zero-order valence-electron chi connectivity index (χ0n) is 15.5. The van der Waals surface area contributed by atoms with Crippen molar-refractivity contribution in [3.63, 3.8) is 0 Å². The molecule has 0 atom stereocenters. The highest BCUT2D eigenvalue weighted by molar-refractivity contribution is 7.98. The SMILES string of the molecule is Cc1ccc(-c2nnc(CSc3n[nH]c(=O)n3-c3ccccc3C(F)(F)F)o2)cc1. The van der Waals surface area contributed by atoms with Gasteiger partial charge in [0.05, 0.1) is 17.0 Å². The Morgan fingerprint density at radius 3 is 2.57 bits per heavy atom. The second kappa shape index (κ2) is 7.82. The van der Waals surface area contributed by atoms with Gasteiger partial charge in [-0.15, -0.1) is 15.3 Å². The van der Waals surface area contributed by atoms with Crippen molar-refractivity contribution in [1.29, 1.82) is 0 Å². The number of H-pyrrole nitrogens is 1. The predicted octanol–water partition coefficient (Wildman–Crippen LogP) is 4.23. The number of thioether (sulfide) groups is 1. The highest BCUT2D eigenvalue weighted by atomic mass is 32.2. The lowest BCUT2D eigenvalue weighted by Crippen LogP contribution is -2.20. The number of aromatic amines is 1. The van der Waals surface area contributed by atoms with Crippen LogP contribution in [0, 0.1) is 6.92 Å². The average molecular weight is 433 g/mol. The van der Waals surface area contributed by atoms with Crippen LogP contribution < -0.4 is 5.69 Å². The Hall–Kier alpha value is -3.34. The molecular formula is C19H14F3N5O2S. The Morgan fingerprint density at radius 1 is 1.10 bits per heavy atom. The lowest BCUT2D eigenvalue weighted by Gasteiger charge is -2.13. The van der Waals surface area contributed by atoms with Gasteiger partial charge in [-0.25, -0.2) is 14.5 Å². The van der Waals surface area contributed by atoms with E-state index in [-0.39, 0.29) is 22.5 Å². The van der Waals surface area contributed by atoms with E-state index < -0.39 is 17.4 Å². The maximum Gasteiger partial charge on any atom is 0.418 e. The maximum atomic E-state index is 13.4. The molecule has 0 fully saturated rings. The van der Waals surface area contributed by atoms with Crippen LogP contribution in [0.3, 0.4) is 0 Å². The van der Waals surface area contributed by atoms with E-state index in [1.54, 1.807) is 0 Å². The summed E-state index contributed by atoms with van der Waals surface area (Å²) < 4.78 is 46.6. The zero-order valence-corrected chi connectivity index (χ0v) is 16.3. The summed E-state index contributed by atoms with van der Waals surface area (Å²) in [5.74, 6) is 0.700. The summed E-state index contributed by atoms with van der Waals surface area (Å²) in [6.45, 7) is 1.96. The van der Waals surface area contributed by atoms with Gasteiger partial charge in [0.15, 0.2) is 5.16 Å². The third-order valence-electron chi connectivity index (χ3n) is 4.18. The molecule has 1 N–H and O–H groups in total. The molecule has 154 valence electrons. The zero-order chi connectivity index (χ0) is 21.3. The van der Waals surface area contributed by atoms with E-state index in [2.05, 4.69) is 20.4 Å². The Balaban J connectivity index is 1.59. The van der Waals surface area contributed by atoms with E-state index in [1.165, 1.54) is 18.2 Å². The lowest BCUT2D eigenvalue weighted by atomic mass is 10.1. The molecule has 0 amide bonds. The highest BCUT2D eigenvalue weighted by Gasteiger charge is 2.34. The van der Waals surface area contributed by atoms with Crippen LogP contribution in [0.15, 0.2) is 62.9 Å². The van der Waals surface area contributed by atoms with Crippen molar-refractivity contribution < 1.29 is 17.6 Å². The molecule has 0 spiro atoms. The minimum atomic E-state index is -4.62. The smallest absolute Gasteiger partial charge is 0.418 e. The van der Waals surface area contributed by atoms with Gasteiger partial charge < -0.3 is 4.42 Å². The molecule has 11 heteroatoms. The third kappa shape index (κ3) is 4.01. The monoisotopic (exact) mass is 433 g/mol. The first kappa shape index (κ1) is 20.0. The maximum absolute atomic E-state index is 13.4. The summed E-state index contributed by atoms with van der Waals surface area (Å²) in [4.78, 5) is 12.2. The molecule has 0 aliphatic rings. The van der Waals surface area contributed by atoms with Gasteiger partial charge in [0.2, 0.25) is 11.8 Å². The molecule has 0 bridgehead atoms. The number of alkyl halides is 3. The number of aryl methyl sites for hydroxylation is 1. The minimum Gasteiger partial charge on any atom is -0.420 e. The van der Waals surface area contributed by atoms with E-state index in [0.717, 1.165) is 33.5 Å². The molecule has 4 rings (SSSR count). The fourth-order valence-corrected chi connectivity index (χ4v) is 3.54. The number of nitrogens with zero attached hydrogens (tertiary/aromatic N) is 4. The minimum absolute atomic E-state index is 0.0479. The van der Waals surface area contributed by atoms with E-state index in [0.29, 0.717) is 5.89 Å². The first-order valence-corrected chi connectivity index (χ1v) is 9.68. The first-order valence-electron chi connectivity index (χ1n) is 8.69. The summed E-state index contributed by atoms with van der Waals surface area (Å²) in [5, 5.41) is 14.0. The summed E-state index contributed by atoms with van der Waals surface area (Å²) in [6, 6.07) is 12.3. The van der Waals surface area contributed by atoms with Crippen LogP contribution in [-0.4, -0.2) is 25.0 Å². The van der Waals surface area contributed by atoms with E-state index in [1.807, 2.05) is 31.2 Å². The first-order chi connectivity index (χ1) is 14.3. The van der Waals surface area contributed by atoms with Gasteiger partial charge in [0, 0.05) is 5.56 Å². The fourth-order valence-electron chi connectivity index (χ4n) is 2.75. The molecule has 2 aromatic heterocycles. The van der Waals surface area contributed by atoms with Crippen LogP contribution in [0.2, 0.25) is 0 Å². The summed E-state index contributed by atoms with van der Waals surface area (Å²) in [7, 11) is 0. The van der Waals surface area contributed by atoms with Gasteiger partial charge in [-0.1, -0.05) is 41.6 Å². The van der Waals surface area contributed by atoms with Crippen molar-refractivity contribution in [1.82, 2.24) is 25.0 Å². The van der Waals surface area contributed by atoms with Gasteiger partial charge in [0.25, 0.3) is 0 Å². The third-order valence-corrected chi connectivity index (χ3v) is 5.11. The van der Waals surface area contributed by atoms with Crippen molar-refractivity contribution in [2.75, 3.05) is 0 Å². The highest BCUT2D eigenvalue weighted by Crippen LogP contribution is 2.34. The van der Waals surface area contributed by atoms with Crippen LogP contribution in [0.1, 0.15) is 17.0 Å². The second-order valence-corrected chi connectivity index (χ2v) is 7.26. The van der Waals surface area contributed by atoms with Crippen molar-refractivity contribution in [2.24, 2.45) is 0 Å². The number of hydrogen-bond acceptors (Lipinski definition) is 6. The Kier molecular flexibility index (Phi) is 5.20. The fraction of sp³-hybridized carbons (Fsp3) is 0.158. The molecular weight excluding hydrogens is 419 g/mol. The van der Waals surface area contributed by atoms with Crippen molar-refractivity contribution >= 4 is 11.8 Å². The van der Waals surface area contributed by atoms with Gasteiger partial charge in [-0.05, 0) is 31.2 Å². The predicted molar refractivity (Wildman–Crippen MR) is 103 cm³/mol. The average Bonchev–Trinajstić information content (AvgIpc) is 3.33. The molecule has 7 nitrogen and oxygen atoms in total. The van der Waals surface area contributed by atoms with Gasteiger partial charge in [0.1, 0.15) is 0 Å². The number of hydrogen-bond donors (Lipinski definition) is 1. The van der Waals surface area contributed by atoms with E-state index in [4.69, 9.17) is 4.42 Å². The lowest BCUT2D eigenvalue weighted by molar-refractivity contribution is -0.137. The Labute approximate surface area is 172 Å². The van der Waals surface area contributed by atoms with Crippen molar-refractivity contribution in [3.05, 3.63) is 76.0 Å². The molecule has 2 heterocycles. The standard InChI is InChI=1S/C19H14F3N5O2S/c1-11-6-8-12(9-7-11)16-24-23-15(29-16)10-30-18-26-25-17(28)27(18)14-5-3-2-4-13(14)19(20,21)22/h2-9H,10H2,1H3,(H,25,28). The molecule has 0 aliphatic carbocycles. The van der Waals surface area contributed by atoms with Crippen LogP contribution in [0.5, 0.6) is 0 Å². The van der Waals surface area contributed by atoms with Crippen LogP contribution in [0.4, 0.5) is 13.2 Å². The summed E-state index contributed by atoms with van der Waals surface area (Å²) in [5.41, 5.74) is -0.184. The van der Waals surface area contributed by atoms with Crippen LogP contribution >= 0.6 is 11.8 Å². The summed E-state index contributed by atoms with van der Waals surface area (Å²) >= 11 is 1.00. The van der Waals surface area contributed by atoms with E-state index in [9.17, 15) is 18.0 Å². The number of benzene rings is 2. The summed E-state index contributed by atoms with van der Waals surface area (Å²) in [6.07, 6.45) is -4.62. The molecule has 30 heavy (non-hydrogen) atoms. The number of halogens is 3. The molecule has 0 radical (unpaired) electrons. The molecule has 0 aliphatic heterocycles. The normalized spacial score (nSPS) is 11.7. The number of aromatic nitrogens is 5. The van der Waals surface area contributed by atoms with Crippen molar-refractivity contribution in [2.45, 2.75) is 24.0 Å². The van der Waals surface area contributed by atoms with Crippen LogP contribution in [0.25, 0.3) is 17.1 Å². The quantitative estimate of drug-likeness (QED) is 0.474. The van der Waals surface area contributed by atoms with Crippen molar-refractivity contribution in [3.8, 4) is 17.1 Å². The van der Waals surface area contributed by atoms with Crippen LogP contribution in [-0.2, 0) is 11.9 Å². The van der Waals surface area contributed by atoms with Gasteiger partial charge >= 0.3 is 11.9 Å². The number of para-hydroxylation sites is 1. The van der Waals surface area contributed by atoms with Gasteiger partial charge in [-0.3, -0.25) is 0 Å². The number of rotatable bonds is 5. The largest absolute Gasteiger partial charge is 0.420 e. The van der Waals surface area contributed by atoms with E-state index >= 15 is 0 Å². The number of nitrogens with one attached hydrogen (secondary N) is 1. The molecule has 0 unspecified atom stereocenters.